The van der Waals surface area contributed by atoms with Crippen LogP contribution in [0.25, 0.3) is 0 Å². The van der Waals surface area contributed by atoms with Crippen LogP contribution in [0.5, 0.6) is 0 Å². The number of anilines is 1. The number of amides is 2. The van der Waals surface area contributed by atoms with Crippen LogP contribution in [0, 0.1) is 11.8 Å². The molecule has 2 unspecified atom stereocenters. The molecule has 2 bridgehead atoms. The normalized spacial score (nSPS) is 30.8. The molecule has 1 N–H and O–H groups in total. The van der Waals surface area contributed by atoms with Crippen LogP contribution in [-0.2, 0) is 19.1 Å². The monoisotopic (exact) mass is 518 g/mol. The number of thioether (sulfide) groups is 1. The fourth-order valence-electron chi connectivity index (χ4n) is 6.00. The molecule has 7 nitrogen and oxygen atoms in total. The van der Waals surface area contributed by atoms with E-state index in [1.807, 2.05) is 6.92 Å². The molecule has 4 rings (SSSR count). The number of esters is 1. The predicted octanol–water partition coefficient (Wildman–Crippen LogP) is 3.45. The van der Waals surface area contributed by atoms with Crippen LogP contribution in [0.2, 0.25) is 5.02 Å². The van der Waals surface area contributed by atoms with Gasteiger partial charge in [0, 0.05) is 17.8 Å². The van der Waals surface area contributed by atoms with E-state index in [-0.39, 0.29) is 38.1 Å². The number of benzene rings is 1. The van der Waals surface area contributed by atoms with Gasteiger partial charge in [-0.05, 0) is 38.3 Å². The molecule has 2 amide bonds. The number of carbonyl (C=O) groups excluding carboxylic acids is 3. The zero-order valence-electron chi connectivity index (χ0n) is 19.8. The number of aliphatic hydroxyl groups is 1. The maximum Gasteiger partial charge on any atom is 0.311 e. The summed E-state index contributed by atoms with van der Waals surface area (Å²) in [5.74, 6) is -2.34. The number of ether oxygens (including phenoxy) is 1. The molecule has 3 saturated heterocycles. The van der Waals surface area contributed by atoms with Crippen molar-refractivity contribution in [1.82, 2.24) is 4.90 Å². The first kappa shape index (κ1) is 25.8. The van der Waals surface area contributed by atoms with Crippen LogP contribution in [0.1, 0.15) is 26.2 Å². The average Bonchev–Trinajstić information content (AvgIpc) is 3.39. The van der Waals surface area contributed by atoms with Crippen molar-refractivity contribution >= 4 is 46.8 Å². The summed E-state index contributed by atoms with van der Waals surface area (Å²) in [4.78, 5) is 44.3. The Kier molecular flexibility index (Phi) is 7.36. The first-order valence-electron chi connectivity index (χ1n) is 11.8. The highest BCUT2D eigenvalue weighted by molar-refractivity contribution is 8.02. The highest BCUT2D eigenvalue weighted by atomic mass is 35.5. The molecule has 35 heavy (non-hydrogen) atoms. The Morgan fingerprint density at radius 3 is 2.71 bits per heavy atom. The van der Waals surface area contributed by atoms with Gasteiger partial charge >= 0.3 is 5.97 Å². The predicted molar refractivity (Wildman–Crippen MR) is 137 cm³/mol. The van der Waals surface area contributed by atoms with Gasteiger partial charge < -0.3 is 19.6 Å². The van der Waals surface area contributed by atoms with Crippen molar-refractivity contribution < 1.29 is 24.2 Å². The van der Waals surface area contributed by atoms with Crippen LogP contribution < -0.4 is 4.90 Å². The molecule has 0 saturated carbocycles. The zero-order valence-corrected chi connectivity index (χ0v) is 21.4. The minimum absolute atomic E-state index is 0.00739. The molecule has 3 aliphatic heterocycles. The maximum atomic E-state index is 14.2. The summed E-state index contributed by atoms with van der Waals surface area (Å²) in [6.45, 7) is 9.57. The van der Waals surface area contributed by atoms with Crippen LogP contribution in [0.4, 0.5) is 5.69 Å². The molecule has 1 aromatic carbocycles. The van der Waals surface area contributed by atoms with Gasteiger partial charge in [0.2, 0.25) is 5.91 Å². The van der Waals surface area contributed by atoms with Crippen molar-refractivity contribution in [2.45, 2.75) is 41.7 Å². The summed E-state index contributed by atoms with van der Waals surface area (Å²) >= 11 is 8.01. The fourth-order valence-corrected chi connectivity index (χ4v) is 8.57. The summed E-state index contributed by atoms with van der Waals surface area (Å²) < 4.78 is 4.23. The Labute approximate surface area is 215 Å². The van der Waals surface area contributed by atoms with E-state index >= 15 is 0 Å². The highest BCUT2D eigenvalue weighted by Gasteiger charge is 2.77. The Morgan fingerprint density at radius 2 is 2.06 bits per heavy atom. The lowest BCUT2D eigenvalue weighted by Crippen LogP contribution is -2.55. The maximum absolute atomic E-state index is 14.2. The molecule has 3 fully saturated rings. The Bertz CT molecular complexity index is 1050. The summed E-state index contributed by atoms with van der Waals surface area (Å²) in [6.07, 6.45) is 5.12. The van der Waals surface area contributed by atoms with E-state index in [0.29, 0.717) is 30.0 Å². The number of carbonyl (C=O) groups is 3. The van der Waals surface area contributed by atoms with Crippen molar-refractivity contribution in [2.75, 3.05) is 31.2 Å². The minimum Gasteiger partial charge on any atom is -0.465 e. The van der Waals surface area contributed by atoms with Crippen molar-refractivity contribution in [2.24, 2.45) is 11.8 Å². The van der Waals surface area contributed by atoms with E-state index in [1.165, 1.54) is 4.90 Å². The Morgan fingerprint density at radius 1 is 1.31 bits per heavy atom. The topological polar surface area (TPSA) is 87.1 Å². The molecular formula is C26H31ClN2O5S. The second-order valence-electron chi connectivity index (χ2n) is 9.42. The number of hydrogen-bond acceptors (Lipinski definition) is 6. The van der Waals surface area contributed by atoms with Gasteiger partial charge in [0.15, 0.2) is 0 Å². The summed E-state index contributed by atoms with van der Waals surface area (Å²) in [6, 6.07) is 6.20. The number of para-hydroxylation sites is 1. The third kappa shape index (κ3) is 4.09. The van der Waals surface area contributed by atoms with Crippen LogP contribution in [0.15, 0.2) is 49.6 Å². The van der Waals surface area contributed by atoms with Gasteiger partial charge in [-0.15, -0.1) is 24.9 Å². The van der Waals surface area contributed by atoms with Gasteiger partial charge in [-0.3, -0.25) is 14.4 Å². The molecule has 0 radical (unpaired) electrons. The van der Waals surface area contributed by atoms with Gasteiger partial charge in [0.25, 0.3) is 5.91 Å². The van der Waals surface area contributed by atoms with Crippen LogP contribution in [0.3, 0.4) is 0 Å². The number of β-amino-alcohol motifs (C(OH)–C–C–N with tert-alkyl or cyclic N) is 1. The van der Waals surface area contributed by atoms with E-state index in [1.54, 1.807) is 53.1 Å². The molecule has 5 atom stereocenters. The number of nitrogens with zero attached hydrogens (tertiary/aromatic N) is 2. The van der Waals surface area contributed by atoms with E-state index in [9.17, 15) is 19.5 Å². The standard InChI is InChI=1S/C26H31ClN2O5S/c1-4-6-16-34-24(33)20-19-22(31)29(14-15-30)21(26(19)12-11-25(20,3)35-26)23(32)28(13-5-2)18-10-8-7-9-17(18)27/h4-5,7-10,19-21,30H,1-2,6,11-16H2,3H3/t19-,20+,21?,25-,26?/m0/s1. The molecule has 1 aromatic rings. The smallest absolute Gasteiger partial charge is 0.311 e. The third-order valence-electron chi connectivity index (χ3n) is 7.39. The number of fused-ring (bicyclic) bond motifs is 1. The second-order valence-corrected chi connectivity index (χ2v) is 11.7. The van der Waals surface area contributed by atoms with E-state index < -0.39 is 33.3 Å². The zero-order chi connectivity index (χ0) is 25.4. The van der Waals surface area contributed by atoms with Crippen molar-refractivity contribution in [1.29, 1.82) is 0 Å². The number of likely N-dealkylation sites (tertiary alicyclic amines) is 1. The first-order chi connectivity index (χ1) is 16.8. The lowest BCUT2D eigenvalue weighted by molar-refractivity contribution is -0.155. The molecule has 1 spiro atoms. The average molecular weight is 519 g/mol. The largest absolute Gasteiger partial charge is 0.465 e. The number of rotatable bonds is 10. The van der Waals surface area contributed by atoms with Gasteiger partial charge in [-0.2, -0.15) is 0 Å². The van der Waals surface area contributed by atoms with Gasteiger partial charge in [0.1, 0.15) is 6.04 Å². The van der Waals surface area contributed by atoms with Crippen molar-refractivity contribution in [3.8, 4) is 0 Å². The quantitative estimate of drug-likeness (QED) is 0.290. The molecule has 188 valence electrons. The fraction of sp³-hybridized carbons (Fsp3) is 0.500. The van der Waals surface area contributed by atoms with Crippen LogP contribution in [-0.4, -0.2) is 69.6 Å². The van der Waals surface area contributed by atoms with E-state index in [4.69, 9.17) is 16.3 Å². The first-order valence-corrected chi connectivity index (χ1v) is 13.0. The Hall–Kier alpha value is -2.29. The van der Waals surface area contributed by atoms with E-state index in [2.05, 4.69) is 13.2 Å². The van der Waals surface area contributed by atoms with E-state index in [0.717, 1.165) is 0 Å². The lowest BCUT2D eigenvalue weighted by atomic mass is 9.66. The molecule has 0 aromatic heterocycles. The molecule has 9 heteroatoms. The number of halogens is 1. The molecule has 3 aliphatic rings. The summed E-state index contributed by atoms with van der Waals surface area (Å²) in [5, 5.41) is 10.2. The summed E-state index contributed by atoms with van der Waals surface area (Å²) in [5.41, 5.74) is 0.527. The Balaban J connectivity index is 1.76. The molecule has 3 heterocycles. The minimum atomic E-state index is -0.846. The highest BCUT2D eigenvalue weighted by Crippen LogP contribution is 2.71. The number of hydrogen-bond donors (Lipinski definition) is 1. The second kappa shape index (κ2) is 9.99. The van der Waals surface area contributed by atoms with Gasteiger partial charge in [0.05, 0.1) is 40.5 Å². The van der Waals surface area contributed by atoms with Gasteiger partial charge in [-0.1, -0.05) is 35.9 Å². The third-order valence-corrected chi connectivity index (χ3v) is 9.70. The summed E-state index contributed by atoms with van der Waals surface area (Å²) in [7, 11) is 0. The molecule has 0 aliphatic carbocycles. The van der Waals surface area contributed by atoms with Crippen LogP contribution >= 0.6 is 23.4 Å². The van der Waals surface area contributed by atoms with Crippen molar-refractivity contribution in [3.05, 3.63) is 54.6 Å². The van der Waals surface area contributed by atoms with Gasteiger partial charge in [-0.25, -0.2) is 0 Å². The molecular weight excluding hydrogens is 488 g/mol. The lowest BCUT2D eigenvalue weighted by Gasteiger charge is -2.37. The number of aliphatic hydroxyl groups excluding tert-OH is 1. The van der Waals surface area contributed by atoms with Crippen molar-refractivity contribution in [3.63, 3.8) is 0 Å². The SMILES string of the molecule is C=CCCOC(=O)[C@H]1[C@H]2C(=O)N(CCO)C(C(=O)N(CC=C)c3ccccc3Cl)C23CC[C@]1(C)S3.